The maximum atomic E-state index is 12.0. The van der Waals surface area contributed by atoms with E-state index in [-0.39, 0.29) is 5.56 Å². The molecule has 0 aliphatic carbocycles. The highest BCUT2D eigenvalue weighted by atomic mass is 35.5. The van der Waals surface area contributed by atoms with Gasteiger partial charge in [-0.3, -0.25) is 9.69 Å². The van der Waals surface area contributed by atoms with Gasteiger partial charge in [0.15, 0.2) is 4.47 Å². The largest absolute Gasteiger partial charge is 0.310 e. The zero-order valence-electron chi connectivity index (χ0n) is 10.7. The molecule has 0 radical (unpaired) electrons. The molecule has 0 atom stereocenters. The molecular formula is C12H12Cl2N4OS. The summed E-state index contributed by atoms with van der Waals surface area (Å²) in [6, 6.07) is 0. The zero-order chi connectivity index (χ0) is 14.3. The van der Waals surface area contributed by atoms with E-state index >= 15 is 0 Å². The van der Waals surface area contributed by atoms with Crippen LogP contribution >= 0.6 is 34.5 Å². The zero-order valence-corrected chi connectivity index (χ0v) is 13.1. The average molecular weight is 331 g/mol. The van der Waals surface area contributed by atoms with Gasteiger partial charge in [-0.25, -0.2) is 9.97 Å². The second-order valence-corrected chi connectivity index (χ2v) is 6.74. The van der Waals surface area contributed by atoms with Crippen molar-refractivity contribution < 1.29 is 0 Å². The number of nitrogens with zero attached hydrogens (tertiary/aromatic N) is 3. The molecule has 3 heterocycles. The van der Waals surface area contributed by atoms with Gasteiger partial charge >= 0.3 is 0 Å². The smallest absolute Gasteiger partial charge is 0.255 e. The summed E-state index contributed by atoms with van der Waals surface area (Å²) in [6.45, 7) is 3.86. The van der Waals surface area contributed by atoms with Crippen LogP contribution in [0.3, 0.4) is 0 Å². The maximum Gasteiger partial charge on any atom is 0.255 e. The average Bonchev–Trinajstić information content (AvgIpc) is 2.68. The minimum absolute atomic E-state index is 0.0503. The maximum absolute atomic E-state index is 12.0. The van der Waals surface area contributed by atoms with Crippen molar-refractivity contribution >= 4 is 34.5 Å². The molecule has 3 rings (SSSR count). The van der Waals surface area contributed by atoms with Crippen molar-refractivity contribution in [3.63, 3.8) is 0 Å². The van der Waals surface area contributed by atoms with Crippen molar-refractivity contribution in [3.05, 3.63) is 41.9 Å². The van der Waals surface area contributed by atoms with Crippen LogP contribution in [0.1, 0.15) is 22.0 Å². The van der Waals surface area contributed by atoms with Gasteiger partial charge in [0, 0.05) is 26.1 Å². The van der Waals surface area contributed by atoms with E-state index in [2.05, 4.69) is 19.9 Å². The number of fused-ring (bicyclic) bond motifs is 1. The van der Waals surface area contributed by atoms with Crippen LogP contribution in [0, 0.1) is 6.92 Å². The summed E-state index contributed by atoms with van der Waals surface area (Å²) in [5.74, 6) is 0.666. The van der Waals surface area contributed by atoms with E-state index in [0.717, 1.165) is 29.1 Å². The SMILES string of the molecule is Cc1nc2c(c(=O)[nH]1)CN(Cc1sc(Cl)nc1Cl)CC2. The molecule has 0 unspecified atom stereocenters. The van der Waals surface area contributed by atoms with E-state index in [1.807, 2.05) is 0 Å². The Bertz CT molecular complexity index is 712. The molecule has 1 N–H and O–H groups in total. The van der Waals surface area contributed by atoms with Crippen LogP contribution in [-0.2, 0) is 19.5 Å². The first-order chi connectivity index (χ1) is 9.52. The van der Waals surface area contributed by atoms with E-state index in [1.54, 1.807) is 6.92 Å². The van der Waals surface area contributed by atoms with Gasteiger partial charge < -0.3 is 4.98 Å². The normalized spacial score (nSPS) is 15.3. The van der Waals surface area contributed by atoms with Crippen LogP contribution in [0.25, 0.3) is 0 Å². The summed E-state index contributed by atoms with van der Waals surface area (Å²) in [5, 5.41) is 0.446. The Balaban J connectivity index is 1.82. The van der Waals surface area contributed by atoms with Gasteiger partial charge in [-0.05, 0) is 6.92 Å². The molecule has 1 aliphatic heterocycles. The van der Waals surface area contributed by atoms with Crippen LogP contribution in [0.4, 0.5) is 0 Å². The number of aryl methyl sites for hydroxylation is 1. The molecule has 0 aromatic carbocycles. The fourth-order valence-corrected chi connectivity index (χ4v) is 3.78. The Kier molecular flexibility index (Phi) is 3.81. The lowest BCUT2D eigenvalue weighted by Gasteiger charge is -2.27. The Hall–Kier alpha value is -0.950. The number of hydrogen-bond donors (Lipinski definition) is 1. The van der Waals surface area contributed by atoms with Gasteiger partial charge in [0.25, 0.3) is 5.56 Å². The molecule has 5 nitrogen and oxygen atoms in total. The number of hydrogen-bond acceptors (Lipinski definition) is 5. The third-order valence-corrected chi connectivity index (χ3v) is 4.83. The van der Waals surface area contributed by atoms with Gasteiger partial charge in [0.1, 0.15) is 11.0 Å². The predicted octanol–water partition coefficient (Wildman–Crippen LogP) is 2.40. The first-order valence-corrected chi connectivity index (χ1v) is 7.72. The number of rotatable bonds is 2. The number of aromatic amines is 1. The molecule has 0 bridgehead atoms. The van der Waals surface area contributed by atoms with Crippen molar-refractivity contribution in [1.82, 2.24) is 19.9 Å². The fourth-order valence-electron chi connectivity index (χ4n) is 2.35. The summed E-state index contributed by atoms with van der Waals surface area (Å²) in [4.78, 5) is 26.2. The molecule has 2 aromatic rings. The summed E-state index contributed by atoms with van der Waals surface area (Å²) in [5.41, 5.74) is 1.59. The second-order valence-electron chi connectivity index (χ2n) is 4.72. The van der Waals surface area contributed by atoms with Gasteiger partial charge in [-0.2, -0.15) is 0 Å². The molecule has 106 valence electrons. The molecule has 0 amide bonds. The summed E-state index contributed by atoms with van der Waals surface area (Å²) in [7, 11) is 0. The lowest BCUT2D eigenvalue weighted by molar-refractivity contribution is 0.243. The highest BCUT2D eigenvalue weighted by molar-refractivity contribution is 7.16. The number of nitrogens with one attached hydrogen (secondary N) is 1. The fraction of sp³-hybridized carbons (Fsp3) is 0.417. The quantitative estimate of drug-likeness (QED) is 0.918. The molecule has 0 saturated heterocycles. The van der Waals surface area contributed by atoms with E-state index < -0.39 is 0 Å². The lowest BCUT2D eigenvalue weighted by Crippen LogP contribution is -2.35. The Labute approximate surface area is 129 Å². The van der Waals surface area contributed by atoms with Crippen molar-refractivity contribution in [2.45, 2.75) is 26.4 Å². The van der Waals surface area contributed by atoms with Crippen molar-refractivity contribution in [2.24, 2.45) is 0 Å². The first-order valence-electron chi connectivity index (χ1n) is 6.14. The monoisotopic (exact) mass is 330 g/mol. The number of halogens is 2. The van der Waals surface area contributed by atoms with Crippen molar-refractivity contribution in [2.75, 3.05) is 6.54 Å². The topological polar surface area (TPSA) is 61.9 Å². The highest BCUT2D eigenvalue weighted by Gasteiger charge is 2.22. The molecule has 0 fully saturated rings. The Morgan fingerprint density at radius 2 is 2.20 bits per heavy atom. The minimum atomic E-state index is -0.0503. The minimum Gasteiger partial charge on any atom is -0.310 e. The Morgan fingerprint density at radius 1 is 1.40 bits per heavy atom. The molecule has 1 aliphatic rings. The summed E-state index contributed by atoms with van der Waals surface area (Å²) < 4.78 is 0.442. The number of aromatic nitrogens is 3. The van der Waals surface area contributed by atoms with E-state index in [9.17, 15) is 4.79 Å². The molecule has 20 heavy (non-hydrogen) atoms. The van der Waals surface area contributed by atoms with Gasteiger partial charge in [-0.1, -0.05) is 23.2 Å². The first kappa shape index (κ1) is 14.0. The van der Waals surface area contributed by atoms with Crippen molar-refractivity contribution in [3.8, 4) is 0 Å². The molecule has 0 saturated carbocycles. The van der Waals surface area contributed by atoms with E-state index in [1.165, 1.54) is 11.3 Å². The lowest BCUT2D eigenvalue weighted by atomic mass is 10.1. The summed E-state index contributed by atoms with van der Waals surface area (Å²) >= 11 is 13.2. The number of H-pyrrole nitrogens is 1. The standard InChI is InChI=1S/C12H12Cl2N4OS/c1-6-15-8-2-3-18(4-7(8)11(19)16-6)5-9-10(13)17-12(14)20-9/h2-5H2,1H3,(H,15,16,19). The number of thiazole rings is 1. The molecule has 8 heteroatoms. The van der Waals surface area contributed by atoms with Gasteiger partial charge in [0.05, 0.1) is 16.1 Å². The van der Waals surface area contributed by atoms with Gasteiger partial charge in [0.2, 0.25) is 0 Å². The van der Waals surface area contributed by atoms with Crippen LogP contribution in [0.15, 0.2) is 4.79 Å². The van der Waals surface area contributed by atoms with Gasteiger partial charge in [-0.15, -0.1) is 11.3 Å². The van der Waals surface area contributed by atoms with Crippen LogP contribution < -0.4 is 5.56 Å². The summed E-state index contributed by atoms with van der Waals surface area (Å²) in [6.07, 6.45) is 0.768. The van der Waals surface area contributed by atoms with E-state index in [4.69, 9.17) is 23.2 Å². The molecule has 0 spiro atoms. The molecule has 2 aromatic heterocycles. The third kappa shape index (κ3) is 2.74. The Morgan fingerprint density at radius 3 is 2.90 bits per heavy atom. The van der Waals surface area contributed by atoms with E-state index in [0.29, 0.717) is 28.5 Å². The molecular weight excluding hydrogens is 319 g/mol. The van der Waals surface area contributed by atoms with Crippen molar-refractivity contribution in [1.29, 1.82) is 0 Å². The van der Waals surface area contributed by atoms with Crippen LogP contribution in [0.2, 0.25) is 9.62 Å². The predicted molar refractivity (Wildman–Crippen MR) is 79.5 cm³/mol. The van der Waals surface area contributed by atoms with Crippen LogP contribution in [-0.4, -0.2) is 26.4 Å². The highest BCUT2D eigenvalue weighted by Crippen LogP contribution is 2.28. The third-order valence-electron chi connectivity index (χ3n) is 3.26. The van der Waals surface area contributed by atoms with Crippen LogP contribution in [0.5, 0.6) is 0 Å². The second kappa shape index (κ2) is 5.44.